The van der Waals surface area contributed by atoms with Crippen LogP contribution in [0.5, 0.6) is 0 Å². The van der Waals surface area contributed by atoms with E-state index in [0.29, 0.717) is 17.1 Å². The average molecular weight is 378 g/mol. The Morgan fingerprint density at radius 1 is 1.19 bits per heavy atom. The van der Waals surface area contributed by atoms with Crippen molar-refractivity contribution in [3.05, 3.63) is 70.6 Å². The van der Waals surface area contributed by atoms with Gasteiger partial charge in [0.2, 0.25) is 0 Å². The van der Waals surface area contributed by atoms with E-state index < -0.39 is 12.6 Å². The van der Waals surface area contributed by atoms with Crippen LogP contribution in [-0.4, -0.2) is 30.7 Å². The summed E-state index contributed by atoms with van der Waals surface area (Å²) in [6.07, 6.45) is 2.94. The van der Waals surface area contributed by atoms with E-state index in [1.54, 1.807) is 30.5 Å². The molecule has 0 saturated heterocycles. The highest BCUT2D eigenvalue weighted by Gasteiger charge is 2.14. The second-order valence-electron chi connectivity index (χ2n) is 5.51. The fraction of sp³-hybridized carbons (Fsp3) is 0.0526. The lowest BCUT2D eigenvalue weighted by Gasteiger charge is -1.98. The minimum atomic E-state index is -1.07. The van der Waals surface area contributed by atoms with Crippen molar-refractivity contribution in [3.8, 4) is 22.4 Å². The van der Waals surface area contributed by atoms with Gasteiger partial charge in [-0.1, -0.05) is 6.07 Å². The Hall–Kier alpha value is -3.57. The van der Waals surface area contributed by atoms with Crippen molar-refractivity contribution in [3.63, 3.8) is 0 Å². The Labute approximate surface area is 157 Å². The molecule has 132 valence electrons. The number of pyridine rings is 1. The number of nitrogens with zero attached hydrogens (tertiary/aromatic N) is 4. The second-order valence-corrected chi connectivity index (χ2v) is 6.59. The lowest BCUT2D eigenvalue weighted by atomic mass is 10.3. The predicted molar refractivity (Wildman–Crippen MR) is 98.3 cm³/mol. The lowest BCUT2D eigenvalue weighted by molar-refractivity contribution is 0.0699. The molecule has 0 unspecified atom stereocenters. The largest absolute Gasteiger partial charge is 0.477 e. The molecule has 0 saturated carbocycles. The topological polar surface area (TPSA) is 80.4 Å². The zero-order valence-electron chi connectivity index (χ0n) is 13.8. The minimum Gasteiger partial charge on any atom is -0.477 e. The molecule has 0 aromatic carbocycles. The zero-order valence-corrected chi connectivity index (χ0v) is 14.6. The number of aromatic carboxylic acids is 1. The van der Waals surface area contributed by atoms with E-state index in [2.05, 4.69) is 26.9 Å². The van der Waals surface area contributed by atoms with Gasteiger partial charge in [0.25, 0.3) is 0 Å². The van der Waals surface area contributed by atoms with Crippen LogP contribution in [0.2, 0.25) is 0 Å². The molecule has 0 fully saturated rings. The number of thiophene rings is 1. The molecule has 4 rings (SSSR count). The van der Waals surface area contributed by atoms with Crippen molar-refractivity contribution >= 4 is 23.0 Å². The quantitative estimate of drug-likeness (QED) is 0.553. The average Bonchev–Trinajstić information content (AvgIpc) is 3.33. The monoisotopic (exact) mass is 378 g/mol. The Kier molecular flexibility index (Phi) is 4.36. The number of carbonyl (C=O) groups is 1. The van der Waals surface area contributed by atoms with Gasteiger partial charge in [0.05, 0.1) is 27.3 Å². The smallest absolute Gasteiger partial charge is 0.341 e. The zero-order chi connectivity index (χ0) is 18.8. The molecule has 0 atom stereocenters. The molecule has 4 aromatic rings. The van der Waals surface area contributed by atoms with E-state index in [9.17, 15) is 14.3 Å². The molecular formula is C19H11FN4O2S. The van der Waals surface area contributed by atoms with Crippen LogP contribution >= 0.6 is 11.3 Å². The third-order valence-corrected chi connectivity index (χ3v) is 4.74. The molecular weight excluding hydrogens is 367 g/mol. The standard InChI is InChI=1S/C19H11FN4O2S/c20-10-13-3-1-2-12(22-13)4-5-14-6-7-17(27-14)16-8-9-24-18(23-16)15(11-21-24)19(25)26/h1-3,6-9,11H,10H2,(H,25,26). The molecule has 0 aliphatic rings. The maximum absolute atomic E-state index is 12.7. The molecule has 4 aromatic heterocycles. The molecule has 27 heavy (non-hydrogen) atoms. The first-order valence-corrected chi connectivity index (χ1v) is 8.67. The van der Waals surface area contributed by atoms with Gasteiger partial charge in [0.15, 0.2) is 5.65 Å². The number of carboxylic acid groups (broad SMARTS) is 1. The molecule has 6 nitrogen and oxygen atoms in total. The highest BCUT2D eigenvalue weighted by atomic mass is 32.1. The first-order valence-electron chi connectivity index (χ1n) is 7.86. The summed E-state index contributed by atoms with van der Waals surface area (Å²) in [5, 5.41) is 13.2. The first-order chi connectivity index (χ1) is 13.1. The Morgan fingerprint density at radius 2 is 2.07 bits per heavy atom. The van der Waals surface area contributed by atoms with E-state index in [0.717, 1.165) is 9.75 Å². The number of rotatable bonds is 3. The van der Waals surface area contributed by atoms with Crippen LogP contribution in [0.4, 0.5) is 4.39 Å². The third-order valence-electron chi connectivity index (χ3n) is 3.72. The van der Waals surface area contributed by atoms with Crippen molar-refractivity contribution in [1.82, 2.24) is 19.6 Å². The van der Waals surface area contributed by atoms with Crippen molar-refractivity contribution in [2.75, 3.05) is 0 Å². The summed E-state index contributed by atoms with van der Waals surface area (Å²) in [5.41, 5.74) is 1.83. The highest BCUT2D eigenvalue weighted by molar-refractivity contribution is 7.16. The highest BCUT2D eigenvalue weighted by Crippen LogP contribution is 2.27. The van der Waals surface area contributed by atoms with E-state index >= 15 is 0 Å². The SMILES string of the molecule is O=C(O)c1cnn2ccc(-c3ccc(C#Cc4cccc(CF)n4)s3)nc12. The minimum absolute atomic E-state index is 0.0484. The van der Waals surface area contributed by atoms with Gasteiger partial charge in [0.1, 0.15) is 17.9 Å². The molecule has 1 N–H and O–H groups in total. The molecule has 0 spiro atoms. The van der Waals surface area contributed by atoms with E-state index in [1.165, 1.54) is 22.0 Å². The summed E-state index contributed by atoms with van der Waals surface area (Å²) >= 11 is 1.43. The maximum Gasteiger partial charge on any atom is 0.341 e. The van der Waals surface area contributed by atoms with Gasteiger partial charge in [0, 0.05) is 6.20 Å². The van der Waals surface area contributed by atoms with Crippen LogP contribution in [0.25, 0.3) is 16.2 Å². The number of aromatic nitrogens is 4. The number of carboxylic acids is 1. The van der Waals surface area contributed by atoms with Crippen LogP contribution in [0.1, 0.15) is 26.6 Å². The van der Waals surface area contributed by atoms with E-state index in [1.807, 2.05) is 12.1 Å². The lowest BCUT2D eigenvalue weighted by Crippen LogP contribution is -1.98. The van der Waals surface area contributed by atoms with Gasteiger partial charge in [-0.05, 0) is 42.2 Å². The van der Waals surface area contributed by atoms with Crippen molar-refractivity contribution < 1.29 is 14.3 Å². The Balaban J connectivity index is 1.65. The normalized spacial score (nSPS) is 10.6. The van der Waals surface area contributed by atoms with Crippen LogP contribution in [0, 0.1) is 11.8 Å². The van der Waals surface area contributed by atoms with Crippen molar-refractivity contribution in [2.45, 2.75) is 6.67 Å². The molecule has 0 radical (unpaired) electrons. The summed E-state index contributed by atoms with van der Waals surface area (Å²) in [6.45, 7) is -0.625. The summed E-state index contributed by atoms with van der Waals surface area (Å²) < 4.78 is 14.1. The van der Waals surface area contributed by atoms with Gasteiger partial charge in [-0.2, -0.15) is 5.10 Å². The summed E-state index contributed by atoms with van der Waals surface area (Å²) in [5.74, 6) is 4.85. The second kappa shape index (κ2) is 6.97. The number of alkyl halides is 1. The third kappa shape index (κ3) is 3.41. The van der Waals surface area contributed by atoms with Crippen LogP contribution in [-0.2, 0) is 6.67 Å². The van der Waals surface area contributed by atoms with Crippen LogP contribution in [0.15, 0.2) is 48.8 Å². The maximum atomic E-state index is 12.7. The number of halogens is 1. The Morgan fingerprint density at radius 3 is 2.89 bits per heavy atom. The van der Waals surface area contributed by atoms with E-state index in [4.69, 9.17) is 0 Å². The fourth-order valence-electron chi connectivity index (χ4n) is 2.45. The van der Waals surface area contributed by atoms with E-state index in [-0.39, 0.29) is 11.2 Å². The van der Waals surface area contributed by atoms with Crippen molar-refractivity contribution in [2.24, 2.45) is 0 Å². The van der Waals surface area contributed by atoms with Gasteiger partial charge >= 0.3 is 5.97 Å². The van der Waals surface area contributed by atoms with Crippen LogP contribution in [0.3, 0.4) is 0 Å². The Bertz CT molecular complexity index is 1220. The van der Waals surface area contributed by atoms with Gasteiger partial charge in [-0.3, -0.25) is 0 Å². The number of fused-ring (bicyclic) bond motifs is 1. The van der Waals surface area contributed by atoms with Crippen LogP contribution < -0.4 is 0 Å². The summed E-state index contributed by atoms with van der Waals surface area (Å²) in [4.78, 5) is 21.4. The molecule has 0 bridgehead atoms. The number of hydrogen-bond donors (Lipinski definition) is 1. The molecule has 0 aliphatic carbocycles. The molecule has 0 amide bonds. The summed E-state index contributed by atoms with van der Waals surface area (Å²) in [6, 6.07) is 10.5. The number of hydrogen-bond acceptors (Lipinski definition) is 5. The molecule has 0 aliphatic heterocycles. The van der Waals surface area contributed by atoms with Crippen molar-refractivity contribution in [1.29, 1.82) is 0 Å². The fourth-order valence-corrected chi connectivity index (χ4v) is 3.28. The summed E-state index contributed by atoms with van der Waals surface area (Å²) in [7, 11) is 0. The first kappa shape index (κ1) is 16.9. The molecule has 4 heterocycles. The van der Waals surface area contributed by atoms with Gasteiger partial charge < -0.3 is 5.11 Å². The van der Waals surface area contributed by atoms with Gasteiger partial charge in [-0.25, -0.2) is 23.7 Å². The molecule has 8 heteroatoms. The van der Waals surface area contributed by atoms with Gasteiger partial charge in [-0.15, -0.1) is 11.3 Å². The predicted octanol–water partition coefficient (Wildman–Crippen LogP) is 3.42.